The first kappa shape index (κ1) is 14.8. The smallest absolute Gasteiger partial charge is 0.120 e. The van der Waals surface area contributed by atoms with E-state index in [0.717, 1.165) is 27.0 Å². The highest BCUT2D eigenvalue weighted by molar-refractivity contribution is 9.10. The fourth-order valence-corrected chi connectivity index (χ4v) is 2.48. The first-order valence-electron chi connectivity index (χ1n) is 6.06. The Morgan fingerprint density at radius 1 is 1.30 bits per heavy atom. The van der Waals surface area contributed by atoms with Crippen LogP contribution in [-0.4, -0.2) is 12.1 Å². The molecule has 5 heteroatoms. The van der Waals surface area contributed by atoms with Crippen molar-refractivity contribution in [1.82, 2.24) is 0 Å². The second-order valence-electron chi connectivity index (χ2n) is 4.26. The van der Waals surface area contributed by atoms with Gasteiger partial charge in [-0.1, -0.05) is 40.3 Å². The normalized spacial score (nSPS) is 10.1. The van der Waals surface area contributed by atoms with Crippen molar-refractivity contribution >= 4 is 38.8 Å². The molecular formula is C15H15BrN2OS. The number of halogens is 1. The van der Waals surface area contributed by atoms with Gasteiger partial charge < -0.3 is 15.8 Å². The summed E-state index contributed by atoms with van der Waals surface area (Å²) in [5, 5.41) is 3.34. The predicted octanol–water partition coefficient (Wildman–Crippen LogP) is 3.70. The lowest BCUT2D eigenvalue weighted by molar-refractivity contribution is 0.415. The Balaban J connectivity index is 2.21. The molecule has 0 aromatic heterocycles. The topological polar surface area (TPSA) is 47.3 Å². The van der Waals surface area contributed by atoms with E-state index in [4.69, 9.17) is 22.7 Å². The average molecular weight is 351 g/mol. The average Bonchev–Trinajstić information content (AvgIpc) is 2.44. The van der Waals surface area contributed by atoms with E-state index < -0.39 is 0 Å². The van der Waals surface area contributed by atoms with E-state index in [1.807, 2.05) is 30.3 Å². The van der Waals surface area contributed by atoms with Crippen molar-refractivity contribution in [3.63, 3.8) is 0 Å². The first-order chi connectivity index (χ1) is 9.60. The van der Waals surface area contributed by atoms with E-state index in [0.29, 0.717) is 11.5 Å². The van der Waals surface area contributed by atoms with Crippen LogP contribution in [0.2, 0.25) is 0 Å². The van der Waals surface area contributed by atoms with Crippen LogP contribution >= 0.6 is 28.1 Å². The van der Waals surface area contributed by atoms with Gasteiger partial charge in [0.25, 0.3) is 0 Å². The van der Waals surface area contributed by atoms with Crippen LogP contribution < -0.4 is 15.8 Å². The summed E-state index contributed by atoms with van der Waals surface area (Å²) in [5.41, 5.74) is 8.59. The van der Waals surface area contributed by atoms with Crippen LogP contribution in [0.25, 0.3) is 0 Å². The van der Waals surface area contributed by atoms with E-state index in [-0.39, 0.29) is 0 Å². The number of rotatable bonds is 5. The second-order valence-corrected chi connectivity index (χ2v) is 5.61. The quantitative estimate of drug-likeness (QED) is 0.807. The van der Waals surface area contributed by atoms with Crippen molar-refractivity contribution in [2.75, 3.05) is 12.4 Å². The highest BCUT2D eigenvalue weighted by Gasteiger charge is 2.07. The minimum absolute atomic E-state index is 0.365. The summed E-state index contributed by atoms with van der Waals surface area (Å²) in [6.45, 7) is 0.683. The van der Waals surface area contributed by atoms with Gasteiger partial charge in [0.2, 0.25) is 0 Å². The van der Waals surface area contributed by atoms with Gasteiger partial charge in [-0.3, -0.25) is 0 Å². The molecule has 2 aromatic carbocycles. The predicted molar refractivity (Wildman–Crippen MR) is 90.4 cm³/mol. The van der Waals surface area contributed by atoms with Crippen molar-refractivity contribution in [2.24, 2.45) is 5.73 Å². The number of benzene rings is 2. The number of methoxy groups -OCH3 is 1. The van der Waals surface area contributed by atoms with Crippen LogP contribution in [0.5, 0.6) is 5.75 Å². The molecule has 2 rings (SSSR count). The molecule has 0 aliphatic carbocycles. The van der Waals surface area contributed by atoms with Gasteiger partial charge in [-0.25, -0.2) is 0 Å². The SMILES string of the molecule is COc1ccc(C(N)=S)c(NCc2cccc(Br)c2)c1. The van der Waals surface area contributed by atoms with Gasteiger partial charge in [0, 0.05) is 28.3 Å². The van der Waals surface area contributed by atoms with E-state index in [2.05, 4.69) is 33.4 Å². The van der Waals surface area contributed by atoms with Gasteiger partial charge in [-0.15, -0.1) is 0 Å². The van der Waals surface area contributed by atoms with Crippen LogP contribution in [0, 0.1) is 0 Å². The summed E-state index contributed by atoms with van der Waals surface area (Å²) < 4.78 is 6.28. The molecule has 0 bridgehead atoms. The molecule has 2 aromatic rings. The minimum atomic E-state index is 0.365. The molecule has 0 saturated heterocycles. The fourth-order valence-electron chi connectivity index (χ4n) is 1.86. The third kappa shape index (κ3) is 3.71. The van der Waals surface area contributed by atoms with E-state index in [9.17, 15) is 0 Å². The summed E-state index contributed by atoms with van der Waals surface area (Å²) in [5.74, 6) is 0.766. The van der Waals surface area contributed by atoms with Crippen LogP contribution in [-0.2, 0) is 6.54 Å². The van der Waals surface area contributed by atoms with E-state index in [1.165, 1.54) is 0 Å². The van der Waals surface area contributed by atoms with Gasteiger partial charge in [-0.05, 0) is 29.8 Å². The molecule has 0 aliphatic rings. The van der Waals surface area contributed by atoms with Crippen molar-refractivity contribution < 1.29 is 4.74 Å². The first-order valence-corrected chi connectivity index (χ1v) is 7.26. The second kappa shape index (κ2) is 6.72. The Bertz CT molecular complexity index is 631. The highest BCUT2D eigenvalue weighted by Crippen LogP contribution is 2.23. The maximum Gasteiger partial charge on any atom is 0.120 e. The molecule has 3 N–H and O–H groups in total. The van der Waals surface area contributed by atoms with Crippen LogP contribution in [0.3, 0.4) is 0 Å². The van der Waals surface area contributed by atoms with Crippen molar-refractivity contribution in [3.05, 3.63) is 58.1 Å². The third-order valence-corrected chi connectivity index (χ3v) is 3.58. The summed E-state index contributed by atoms with van der Waals surface area (Å²) in [7, 11) is 1.63. The van der Waals surface area contributed by atoms with Crippen LogP contribution in [0.1, 0.15) is 11.1 Å². The molecule has 0 saturated carbocycles. The fraction of sp³-hybridized carbons (Fsp3) is 0.133. The van der Waals surface area contributed by atoms with Crippen molar-refractivity contribution in [3.8, 4) is 5.75 Å². The van der Waals surface area contributed by atoms with E-state index in [1.54, 1.807) is 7.11 Å². The Morgan fingerprint density at radius 3 is 2.75 bits per heavy atom. The maximum absolute atomic E-state index is 5.74. The molecular weight excluding hydrogens is 336 g/mol. The lowest BCUT2D eigenvalue weighted by Crippen LogP contribution is -2.13. The molecule has 20 heavy (non-hydrogen) atoms. The Hall–Kier alpha value is -1.59. The largest absolute Gasteiger partial charge is 0.497 e. The Kier molecular flexibility index (Phi) is 4.98. The molecule has 0 fully saturated rings. The number of hydrogen-bond donors (Lipinski definition) is 2. The van der Waals surface area contributed by atoms with Crippen molar-refractivity contribution in [1.29, 1.82) is 0 Å². The Morgan fingerprint density at radius 2 is 2.10 bits per heavy atom. The zero-order valence-corrected chi connectivity index (χ0v) is 13.4. The molecule has 0 aliphatic heterocycles. The zero-order valence-electron chi connectivity index (χ0n) is 11.0. The molecule has 0 amide bonds. The highest BCUT2D eigenvalue weighted by atomic mass is 79.9. The standard InChI is InChI=1S/C15H15BrN2OS/c1-19-12-5-6-13(15(17)20)14(8-12)18-9-10-3-2-4-11(16)7-10/h2-8,18H,9H2,1H3,(H2,17,20). The van der Waals surface area contributed by atoms with Gasteiger partial charge in [-0.2, -0.15) is 0 Å². The Labute approximate surface area is 132 Å². The van der Waals surface area contributed by atoms with Gasteiger partial charge in [0.1, 0.15) is 10.7 Å². The molecule has 0 unspecified atom stereocenters. The van der Waals surface area contributed by atoms with Gasteiger partial charge in [0.05, 0.1) is 7.11 Å². The number of nitrogens with two attached hydrogens (primary N) is 1. The molecule has 0 atom stereocenters. The summed E-state index contributed by atoms with van der Waals surface area (Å²) >= 11 is 8.53. The third-order valence-electron chi connectivity index (χ3n) is 2.86. The minimum Gasteiger partial charge on any atom is -0.497 e. The number of ether oxygens (including phenoxy) is 1. The molecule has 0 spiro atoms. The number of hydrogen-bond acceptors (Lipinski definition) is 3. The lowest BCUT2D eigenvalue weighted by Gasteiger charge is -2.13. The zero-order chi connectivity index (χ0) is 14.5. The van der Waals surface area contributed by atoms with Crippen LogP contribution in [0.4, 0.5) is 5.69 Å². The number of thiocarbonyl (C=S) groups is 1. The maximum atomic E-state index is 5.74. The summed E-state index contributed by atoms with van der Waals surface area (Å²) in [6, 6.07) is 13.7. The number of anilines is 1. The molecule has 104 valence electrons. The molecule has 3 nitrogen and oxygen atoms in total. The van der Waals surface area contributed by atoms with Gasteiger partial charge in [0.15, 0.2) is 0 Å². The summed E-state index contributed by atoms with van der Waals surface area (Å²) in [6.07, 6.45) is 0. The molecule has 0 radical (unpaired) electrons. The summed E-state index contributed by atoms with van der Waals surface area (Å²) in [4.78, 5) is 0.365. The van der Waals surface area contributed by atoms with E-state index >= 15 is 0 Å². The number of nitrogens with one attached hydrogen (secondary N) is 1. The van der Waals surface area contributed by atoms with Crippen molar-refractivity contribution in [2.45, 2.75) is 6.54 Å². The molecule has 0 heterocycles. The monoisotopic (exact) mass is 350 g/mol. The van der Waals surface area contributed by atoms with Crippen LogP contribution in [0.15, 0.2) is 46.9 Å². The lowest BCUT2D eigenvalue weighted by atomic mass is 10.1. The van der Waals surface area contributed by atoms with Gasteiger partial charge >= 0.3 is 0 Å².